The Bertz CT molecular complexity index is 677. The molecule has 2 aromatic heterocycles. The molecule has 1 atom stereocenters. The van der Waals surface area contributed by atoms with Crippen LogP contribution in [0.15, 0.2) is 28.6 Å². The SMILES string of the molecule is O=S(=O)(NCC1COCO1)c1cnc2ccsc2c1. The van der Waals surface area contributed by atoms with Crippen molar-refractivity contribution in [3.8, 4) is 0 Å². The van der Waals surface area contributed by atoms with Gasteiger partial charge in [0.15, 0.2) is 0 Å². The second kappa shape index (κ2) is 5.14. The van der Waals surface area contributed by atoms with E-state index in [1.54, 1.807) is 6.07 Å². The van der Waals surface area contributed by atoms with E-state index in [-0.39, 0.29) is 24.3 Å². The van der Waals surface area contributed by atoms with Crippen LogP contribution in [0.25, 0.3) is 10.2 Å². The average Bonchev–Trinajstić information content (AvgIpc) is 3.06. The van der Waals surface area contributed by atoms with Crippen LogP contribution in [0, 0.1) is 0 Å². The highest BCUT2D eigenvalue weighted by molar-refractivity contribution is 7.89. The number of ether oxygens (including phenoxy) is 2. The predicted molar refractivity (Wildman–Crippen MR) is 70.5 cm³/mol. The predicted octanol–water partition coefficient (Wildman–Crippen LogP) is 0.947. The molecule has 8 heteroatoms. The fraction of sp³-hybridized carbons (Fsp3) is 0.364. The summed E-state index contributed by atoms with van der Waals surface area (Å²) in [5.74, 6) is 0. The summed E-state index contributed by atoms with van der Waals surface area (Å²) in [6, 6.07) is 3.48. The molecule has 2 aromatic rings. The minimum Gasteiger partial charge on any atom is -0.353 e. The second-order valence-electron chi connectivity index (χ2n) is 4.10. The number of sulfonamides is 1. The molecule has 3 rings (SSSR count). The van der Waals surface area contributed by atoms with E-state index in [0.717, 1.165) is 10.2 Å². The third-order valence-electron chi connectivity index (χ3n) is 2.78. The van der Waals surface area contributed by atoms with Gasteiger partial charge in [-0.15, -0.1) is 11.3 Å². The number of nitrogens with zero attached hydrogens (tertiary/aromatic N) is 1. The molecule has 1 aliphatic rings. The Hall–Kier alpha value is -1.06. The van der Waals surface area contributed by atoms with E-state index in [2.05, 4.69) is 9.71 Å². The van der Waals surface area contributed by atoms with Gasteiger partial charge in [-0.2, -0.15) is 0 Å². The van der Waals surface area contributed by atoms with E-state index >= 15 is 0 Å². The molecule has 102 valence electrons. The monoisotopic (exact) mass is 300 g/mol. The maximum absolute atomic E-state index is 12.1. The van der Waals surface area contributed by atoms with Gasteiger partial charge in [0.2, 0.25) is 10.0 Å². The Labute approximate surface area is 114 Å². The van der Waals surface area contributed by atoms with Crippen molar-refractivity contribution in [1.82, 2.24) is 9.71 Å². The lowest BCUT2D eigenvalue weighted by Crippen LogP contribution is -2.33. The van der Waals surface area contributed by atoms with Gasteiger partial charge in [0, 0.05) is 12.7 Å². The van der Waals surface area contributed by atoms with Gasteiger partial charge in [0.1, 0.15) is 11.7 Å². The number of pyridine rings is 1. The summed E-state index contributed by atoms with van der Waals surface area (Å²) in [7, 11) is -3.56. The molecular weight excluding hydrogens is 288 g/mol. The molecule has 0 aliphatic carbocycles. The van der Waals surface area contributed by atoms with E-state index in [1.165, 1.54) is 17.5 Å². The Morgan fingerprint density at radius 2 is 2.42 bits per heavy atom. The van der Waals surface area contributed by atoms with E-state index in [0.29, 0.717) is 6.61 Å². The quantitative estimate of drug-likeness (QED) is 0.909. The van der Waals surface area contributed by atoms with E-state index in [9.17, 15) is 8.42 Å². The maximum atomic E-state index is 12.1. The van der Waals surface area contributed by atoms with Crippen LogP contribution in [0.5, 0.6) is 0 Å². The fourth-order valence-corrected chi connectivity index (χ4v) is 3.64. The first-order valence-electron chi connectivity index (χ1n) is 5.67. The molecule has 0 radical (unpaired) electrons. The van der Waals surface area contributed by atoms with Crippen molar-refractivity contribution in [2.24, 2.45) is 0 Å². The van der Waals surface area contributed by atoms with Gasteiger partial charge in [-0.3, -0.25) is 4.98 Å². The van der Waals surface area contributed by atoms with Crippen LogP contribution >= 0.6 is 11.3 Å². The molecule has 0 aromatic carbocycles. The summed E-state index contributed by atoms with van der Waals surface area (Å²) in [5, 5.41) is 1.88. The molecule has 0 bridgehead atoms. The Balaban J connectivity index is 1.78. The third kappa shape index (κ3) is 2.77. The van der Waals surface area contributed by atoms with E-state index < -0.39 is 10.0 Å². The third-order valence-corrected chi connectivity index (χ3v) is 5.02. The van der Waals surface area contributed by atoms with Crippen molar-refractivity contribution in [3.63, 3.8) is 0 Å². The van der Waals surface area contributed by atoms with Crippen LogP contribution in [0.1, 0.15) is 0 Å². The number of thiophene rings is 1. The lowest BCUT2D eigenvalue weighted by atomic mass is 10.4. The molecular formula is C11H12N2O4S2. The van der Waals surface area contributed by atoms with Crippen LogP contribution in [0.4, 0.5) is 0 Å². The van der Waals surface area contributed by atoms with Gasteiger partial charge in [-0.05, 0) is 17.5 Å². The zero-order valence-electron chi connectivity index (χ0n) is 9.90. The van der Waals surface area contributed by atoms with Crippen LogP contribution in [0.2, 0.25) is 0 Å². The van der Waals surface area contributed by atoms with Crippen molar-refractivity contribution < 1.29 is 17.9 Å². The molecule has 1 unspecified atom stereocenters. The summed E-state index contributed by atoms with van der Waals surface area (Å²) in [5.41, 5.74) is 0.802. The molecule has 0 saturated carbocycles. The number of aromatic nitrogens is 1. The number of nitrogens with one attached hydrogen (secondary N) is 1. The largest absolute Gasteiger partial charge is 0.353 e. The van der Waals surface area contributed by atoms with Crippen molar-refractivity contribution in [2.75, 3.05) is 19.9 Å². The molecule has 1 N–H and O–H groups in total. The molecule has 3 heterocycles. The summed E-state index contributed by atoms with van der Waals surface area (Å²) in [6.07, 6.45) is 1.14. The number of fused-ring (bicyclic) bond motifs is 1. The van der Waals surface area contributed by atoms with Crippen LogP contribution < -0.4 is 4.72 Å². The highest BCUT2D eigenvalue weighted by Gasteiger charge is 2.21. The first kappa shape index (κ1) is 12.9. The smallest absolute Gasteiger partial charge is 0.242 e. The zero-order valence-corrected chi connectivity index (χ0v) is 11.5. The summed E-state index contributed by atoms with van der Waals surface area (Å²) < 4.78 is 37.8. The highest BCUT2D eigenvalue weighted by Crippen LogP contribution is 2.21. The first-order valence-corrected chi connectivity index (χ1v) is 8.04. The van der Waals surface area contributed by atoms with Crippen LogP contribution in [0.3, 0.4) is 0 Å². The minimum atomic E-state index is -3.56. The standard InChI is InChI=1S/C11H12N2O4S2/c14-19(15,13-4-8-6-16-7-17-8)9-3-11-10(12-5-9)1-2-18-11/h1-3,5,8,13H,4,6-7H2. The van der Waals surface area contributed by atoms with Crippen molar-refractivity contribution >= 4 is 31.6 Å². The number of hydrogen-bond donors (Lipinski definition) is 1. The molecule has 1 aliphatic heterocycles. The van der Waals surface area contributed by atoms with Gasteiger partial charge in [-0.25, -0.2) is 13.1 Å². The van der Waals surface area contributed by atoms with Gasteiger partial charge >= 0.3 is 0 Å². The minimum absolute atomic E-state index is 0.168. The number of rotatable bonds is 4. The Morgan fingerprint density at radius 3 is 3.21 bits per heavy atom. The topological polar surface area (TPSA) is 77.5 Å². The Kier molecular flexibility index (Phi) is 3.50. The lowest BCUT2D eigenvalue weighted by Gasteiger charge is -2.09. The average molecular weight is 300 g/mol. The normalized spacial score (nSPS) is 20.1. The Morgan fingerprint density at radius 1 is 1.53 bits per heavy atom. The molecule has 0 amide bonds. The van der Waals surface area contributed by atoms with Crippen molar-refractivity contribution in [2.45, 2.75) is 11.0 Å². The van der Waals surface area contributed by atoms with Crippen molar-refractivity contribution in [3.05, 3.63) is 23.7 Å². The van der Waals surface area contributed by atoms with Crippen LogP contribution in [-0.2, 0) is 19.5 Å². The second-order valence-corrected chi connectivity index (χ2v) is 6.82. The van der Waals surface area contributed by atoms with Crippen molar-refractivity contribution in [1.29, 1.82) is 0 Å². The van der Waals surface area contributed by atoms with Crippen LogP contribution in [-0.4, -0.2) is 39.5 Å². The molecule has 6 nitrogen and oxygen atoms in total. The van der Waals surface area contributed by atoms with Gasteiger partial charge in [0.05, 0.1) is 22.9 Å². The summed E-state index contributed by atoms with van der Waals surface area (Å²) in [4.78, 5) is 4.29. The zero-order chi connectivity index (χ0) is 13.3. The van der Waals surface area contributed by atoms with E-state index in [1.807, 2.05) is 11.4 Å². The van der Waals surface area contributed by atoms with Gasteiger partial charge in [-0.1, -0.05) is 0 Å². The highest BCUT2D eigenvalue weighted by atomic mass is 32.2. The van der Waals surface area contributed by atoms with Gasteiger partial charge in [0.25, 0.3) is 0 Å². The molecule has 1 fully saturated rings. The summed E-state index contributed by atoms with van der Waals surface area (Å²) in [6.45, 7) is 0.824. The maximum Gasteiger partial charge on any atom is 0.242 e. The fourth-order valence-electron chi connectivity index (χ4n) is 1.75. The number of hydrogen-bond acceptors (Lipinski definition) is 6. The molecule has 1 saturated heterocycles. The molecule has 19 heavy (non-hydrogen) atoms. The summed E-state index contributed by atoms with van der Waals surface area (Å²) >= 11 is 1.46. The first-order chi connectivity index (χ1) is 9.15. The lowest BCUT2D eigenvalue weighted by molar-refractivity contribution is 0.0482. The molecule has 0 spiro atoms. The van der Waals surface area contributed by atoms with E-state index in [4.69, 9.17) is 9.47 Å². The van der Waals surface area contributed by atoms with Gasteiger partial charge < -0.3 is 9.47 Å².